The molecule has 5 heteroatoms. The minimum absolute atomic E-state index is 0.170. The van der Waals surface area contributed by atoms with Crippen molar-refractivity contribution in [2.45, 2.75) is 69.0 Å². The minimum atomic E-state index is 0.170. The Bertz CT molecular complexity index is 743. The molecule has 0 saturated heterocycles. The van der Waals surface area contributed by atoms with Crippen LogP contribution in [0.15, 0.2) is 29.4 Å². The first-order chi connectivity index (χ1) is 12.2. The van der Waals surface area contributed by atoms with Gasteiger partial charge in [0.1, 0.15) is 5.82 Å². The average Bonchev–Trinajstić information content (AvgIpc) is 3.43. The number of Topliss-reactive ketones (excluding diaryl/α,β-unsaturated/α-hetero) is 1. The van der Waals surface area contributed by atoms with Crippen molar-refractivity contribution in [1.82, 2.24) is 14.8 Å². The maximum Gasteiger partial charge on any atom is 0.191 e. The number of ketones is 1. The van der Waals surface area contributed by atoms with Gasteiger partial charge >= 0.3 is 0 Å². The number of thioether (sulfide) groups is 1. The summed E-state index contributed by atoms with van der Waals surface area (Å²) in [4.78, 5) is 12.5. The fraction of sp³-hybridized carbons (Fsp3) is 0.550. The second-order valence-electron chi connectivity index (χ2n) is 7.30. The molecule has 2 aliphatic carbocycles. The van der Waals surface area contributed by atoms with Gasteiger partial charge in [-0.15, -0.1) is 10.2 Å². The molecule has 0 spiro atoms. The van der Waals surface area contributed by atoms with Crippen molar-refractivity contribution in [1.29, 1.82) is 0 Å². The molecule has 0 unspecified atom stereocenters. The largest absolute Gasteiger partial charge is 0.303 e. The molecule has 0 aliphatic heterocycles. The molecule has 25 heavy (non-hydrogen) atoms. The Morgan fingerprint density at radius 2 is 1.80 bits per heavy atom. The van der Waals surface area contributed by atoms with Gasteiger partial charge in [-0.1, -0.05) is 55.3 Å². The number of aromatic nitrogens is 3. The Balaban J connectivity index is 1.38. The molecule has 4 nitrogen and oxygen atoms in total. The normalized spacial score (nSPS) is 18.4. The van der Waals surface area contributed by atoms with Crippen molar-refractivity contribution >= 4 is 17.5 Å². The summed E-state index contributed by atoms with van der Waals surface area (Å²) in [6, 6.07) is 8.87. The zero-order valence-corrected chi connectivity index (χ0v) is 15.6. The first kappa shape index (κ1) is 16.8. The van der Waals surface area contributed by atoms with Gasteiger partial charge in [0.05, 0.1) is 5.75 Å². The van der Waals surface area contributed by atoms with E-state index in [4.69, 9.17) is 0 Å². The van der Waals surface area contributed by atoms with Crippen molar-refractivity contribution < 1.29 is 4.79 Å². The predicted octanol–water partition coefficient (Wildman–Crippen LogP) is 4.94. The van der Waals surface area contributed by atoms with Gasteiger partial charge in [-0.3, -0.25) is 4.79 Å². The standard InChI is InChI=1S/C20H25N3OS/c1-14-21-22-20(23(14)18-11-12-18)25-13-19(24)17-9-7-16(8-10-17)15-5-3-2-4-6-15/h7-10,15,18H,2-6,11-13H2,1H3. The van der Waals surface area contributed by atoms with Crippen LogP contribution in [0.4, 0.5) is 0 Å². The van der Waals surface area contributed by atoms with Crippen LogP contribution in [-0.2, 0) is 0 Å². The number of rotatable bonds is 6. The predicted molar refractivity (Wildman–Crippen MR) is 100 cm³/mol. The van der Waals surface area contributed by atoms with E-state index in [-0.39, 0.29) is 5.78 Å². The van der Waals surface area contributed by atoms with Gasteiger partial charge in [0.25, 0.3) is 0 Å². The van der Waals surface area contributed by atoms with Crippen LogP contribution in [0.3, 0.4) is 0 Å². The molecule has 0 bridgehead atoms. The van der Waals surface area contributed by atoms with E-state index >= 15 is 0 Å². The molecule has 2 aliphatic rings. The highest BCUT2D eigenvalue weighted by atomic mass is 32.2. The van der Waals surface area contributed by atoms with Gasteiger partial charge in [0, 0.05) is 11.6 Å². The Hall–Kier alpha value is -1.62. The molecule has 0 atom stereocenters. The van der Waals surface area contributed by atoms with Crippen molar-refractivity contribution in [3.63, 3.8) is 0 Å². The average molecular weight is 356 g/mol. The molecule has 2 aromatic rings. The van der Waals surface area contributed by atoms with Gasteiger partial charge in [-0.05, 0) is 44.1 Å². The second kappa shape index (κ2) is 7.32. The molecule has 0 amide bonds. The van der Waals surface area contributed by atoms with E-state index in [1.54, 1.807) is 0 Å². The second-order valence-corrected chi connectivity index (χ2v) is 8.24. The number of aryl methyl sites for hydroxylation is 1. The summed E-state index contributed by atoms with van der Waals surface area (Å²) in [5, 5.41) is 9.30. The highest BCUT2D eigenvalue weighted by Crippen LogP contribution is 2.38. The van der Waals surface area contributed by atoms with E-state index in [9.17, 15) is 4.79 Å². The van der Waals surface area contributed by atoms with Gasteiger partial charge in [-0.25, -0.2) is 0 Å². The quantitative estimate of drug-likeness (QED) is 0.544. The van der Waals surface area contributed by atoms with E-state index < -0.39 is 0 Å². The Morgan fingerprint density at radius 3 is 2.48 bits per heavy atom. The topological polar surface area (TPSA) is 47.8 Å². The Labute approximate surface area is 153 Å². The van der Waals surface area contributed by atoms with E-state index in [0.717, 1.165) is 16.5 Å². The smallest absolute Gasteiger partial charge is 0.191 e. The van der Waals surface area contributed by atoms with Gasteiger partial charge in [0.15, 0.2) is 10.9 Å². The summed E-state index contributed by atoms with van der Waals surface area (Å²) in [7, 11) is 0. The summed E-state index contributed by atoms with van der Waals surface area (Å²) in [6.07, 6.45) is 9.02. The van der Waals surface area contributed by atoms with Gasteiger partial charge < -0.3 is 4.57 Å². The lowest BCUT2D eigenvalue weighted by molar-refractivity contribution is 0.102. The van der Waals surface area contributed by atoms with Crippen LogP contribution in [0, 0.1) is 6.92 Å². The van der Waals surface area contributed by atoms with E-state index in [2.05, 4.69) is 26.9 Å². The first-order valence-corrected chi connectivity index (χ1v) is 10.4. The van der Waals surface area contributed by atoms with Crippen LogP contribution >= 0.6 is 11.8 Å². The highest BCUT2D eigenvalue weighted by Gasteiger charge is 2.28. The molecule has 1 aromatic carbocycles. The molecule has 132 valence electrons. The van der Waals surface area contributed by atoms with Crippen LogP contribution < -0.4 is 0 Å². The summed E-state index contributed by atoms with van der Waals surface area (Å²) in [5.74, 6) is 2.23. The van der Waals surface area contributed by atoms with Crippen LogP contribution in [-0.4, -0.2) is 26.3 Å². The summed E-state index contributed by atoms with van der Waals surface area (Å²) in [6.45, 7) is 1.99. The number of nitrogens with zero attached hydrogens (tertiary/aromatic N) is 3. The lowest BCUT2D eigenvalue weighted by Gasteiger charge is -2.22. The highest BCUT2D eigenvalue weighted by molar-refractivity contribution is 7.99. The molecule has 4 rings (SSSR count). The lowest BCUT2D eigenvalue weighted by Crippen LogP contribution is -2.07. The maximum absolute atomic E-state index is 12.5. The van der Waals surface area contributed by atoms with Crippen LogP contribution in [0.1, 0.15) is 78.7 Å². The zero-order chi connectivity index (χ0) is 17.2. The third-order valence-corrected chi connectivity index (χ3v) is 6.33. The first-order valence-electron chi connectivity index (χ1n) is 9.40. The van der Waals surface area contributed by atoms with Crippen molar-refractivity contribution in [3.05, 3.63) is 41.2 Å². The molecule has 0 radical (unpaired) electrons. The van der Waals surface area contributed by atoms with E-state index in [0.29, 0.717) is 17.7 Å². The number of carbonyl (C=O) groups excluding carboxylic acids is 1. The molecule has 2 fully saturated rings. The molecular formula is C20H25N3OS. The van der Waals surface area contributed by atoms with Gasteiger partial charge in [-0.2, -0.15) is 0 Å². The van der Waals surface area contributed by atoms with Crippen molar-refractivity contribution in [2.24, 2.45) is 0 Å². The summed E-state index contributed by atoms with van der Waals surface area (Å²) >= 11 is 1.51. The molecule has 2 saturated carbocycles. The molecular weight excluding hydrogens is 330 g/mol. The zero-order valence-electron chi connectivity index (χ0n) is 14.8. The van der Waals surface area contributed by atoms with E-state index in [1.807, 2.05) is 19.1 Å². The number of benzene rings is 1. The lowest BCUT2D eigenvalue weighted by atomic mass is 9.84. The van der Waals surface area contributed by atoms with Crippen molar-refractivity contribution in [3.8, 4) is 0 Å². The van der Waals surface area contributed by atoms with Crippen LogP contribution in [0.25, 0.3) is 0 Å². The SMILES string of the molecule is Cc1nnc(SCC(=O)c2ccc(C3CCCCC3)cc2)n1C1CC1. The Kier molecular flexibility index (Phi) is 4.93. The monoisotopic (exact) mass is 355 g/mol. The summed E-state index contributed by atoms with van der Waals surface area (Å²) < 4.78 is 2.18. The van der Waals surface area contributed by atoms with Crippen LogP contribution in [0.5, 0.6) is 0 Å². The molecule has 1 heterocycles. The fourth-order valence-corrected chi connectivity index (χ4v) is 4.74. The number of carbonyl (C=O) groups is 1. The molecule has 1 aromatic heterocycles. The minimum Gasteiger partial charge on any atom is -0.303 e. The summed E-state index contributed by atoms with van der Waals surface area (Å²) in [5.41, 5.74) is 2.20. The van der Waals surface area contributed by atoms with Crippen molar-refractivity contribution in [2.75, 3.05) is 5.75 Å². The van der Waals surface area contributed by atoms with E-state index in [1.165, 1.54) is 62.3 Å². The number of hydrogen-bond donors (Lipinski definition) is 0. The Morgan fingerprint density at radius 1 is 1.08 bits per heavy atom. The number of hydrogen-bond acceptors (Lipinski definition) is 4. The van der Waals surface area contributed by atoms with Crippen LogP contribution in [0.2, 0.25) is 0 Å². The third-order valence-electron chi connectivity index (χ3n) is 5.39. The van der Waals surface area contributed by atoms with Gasteiger partial charge in [0.2, 0.25) is 0 Å². The maximum atomic E-state index is 12.5. The molecule has 0 N–H and O–H groups in total. The third kappa shape index (κ3) is 3.81. The fourth-order valence-electron chi connectivity index (χ4n) is 3.79.